The summed E-state index contributed by atoms with van der Waals surface area (Å²) < 4.78 is 13.2. The number of fused-ring (bicyclic) bond motifs is 1. The second-order valence-corrected chi connectivity index (χ2v) is 7.39. The maximum atomic E-state index is 13.2. The molecule has 0 saturated carbocycles. The highest BCUT2D eigenvalue weighted by molar-refractivity contribution is 7.10. The smallest absolute Gasteiger partial charge is 0.246 e. The van der Waals surface area contributed by atoms with Crippen molar-refractivity contribution >= 4 is 17.2 Å². The monoisotopic (exact) mass is 345 g/mol. The number of amides is 1. The van der Waals surface area contributed by atoms with Crippen LogP contribution in [0.4, 0.5) is 4.39 Å². The SMILES string of the molecule is C=CC(=O)N(Cc1ccc(F)s1)CC1(O)CCc2ccccc2C1. The molecule has 2 aromatic rings. The van der Waals surface area contributed by atoms with E-state index in [2.05, 4.69) is 12.6 Å². The van der Waals surface area contributed by atoms with Gasteiger partial charge in [0.1, 0.15) is 0 Å². The topological polar surface area (TPSA) is 40.5 Å². The van der Waals surface area contributed by atoms with Crippen molar-refractivity contribution in [2.45, 2.75) is 31.4 Å². The number of aryl methyl sites for hydroxylation is 1. The molecular weight excluding hydrogens is 325 g/mol. The van der Waals surface area contributed by atoms with Crippen LogP contribution >= 0.6 is 11.3 Å². The average Bonchev–Trinajstić information content (AvgIpc) is 2.98. The largest absolute Gasteiger partial charge is 0.388 e. The van der Waals surface area contributed by atoms with E-state index in [1.165, 1.54) is 17.7 Å². The summed E-state index contributed by atoms with van der Waals surface area (Å²) in [5, 5.41) is 10.7. The van der Waals surface area contributed by atoms with Crippen LogP contribution in [0.25, 0.3) is 0 Å². The van der Waals surface area contributed by atoms with Crippen molar-refractivity contribution in [1.29, 1.82) is 0 Å². The van der Waals surface area contributed by atoms with Gasteiger partial charge in [0, 0.05) is 11.3 Å². The number of aliphatic hydroxyl groups is 1. The zero-order valence-electron chi connectivity index (χ0n) is 13.4. The molecule has 1 amide bonds. The molecule has 126 valence electrons. The second-order valence-electron chi connectivity index (χ2n) is 6.27. The number of benzene rings is 1. The van der Waals surface area contributed by atoms with E-state index in [9.17, 15) is 14.3 Å². The number of rotatable bonds is 5. The molecule has 1 aliphatic rings. The fourth-order valence-corrected chi connectivity index (χ4v) is 3.98. The maximum Gasteiger partial charge on any atom is 0.246 e. The van der Waals surface area contributed by atoms with Gasteiger partial charge in [-0.3, -0.25) is 4.79 Å². The first kappa shape index (κ1) is 16.9. The maximum absolute atomic E-state index is 13.2. The molecule has 3 rings (SSSR count). The number of hydrogen-bond acceptors (Lipinski definition) is 3. The van der Waals surface area contributed by atoms with Gasteiger partial charge >= 0.3 is 0 Å². The minimum atomic E-state index is -0.969. The minimum Gasteiger partial charge on any atom is -0.388 e. The molecule has 1 atom stereocenters. The normalized spacial score (nSPS) is 19.6. The van der Waals surface area contributed by atoms with Crippen molar-refractivity contribution in [2.24, 2.45) is 0 Å². The molecule has 5 heteroatoms. The number of carbonyl (C=O) groups is 1. The summed E-state index contributed by atoms with van der Waals surface area (Å²) in [5.74, 6) is -0.254. The number of nitrogens with zero attached hydrogens (tertiary/aromatic N) is 1. The number of halogens is 1. The minimum absolute atomic E-state index is 0.214. The van der Waals surface area contributed by atoms with Gasteiger partial charge in [0.2, 0.25) is 5.91 Å². The van der Waals surface area contributed by atoms with Crippen LogP contribution in [0, 0.1) is 5.13 Å². The standard InChI is InChI=1S/C19H20FNO2S/c1-2-18(22)21(12-16-7-8-17(20)24-16)13-19(23)10-9-14-5-3-4-6-15(14)11-19/h2-8,23H,1,9-13H2. The first-order valence-electron chi connectivity index (χ1n) is 7.94. The van der Waals surface area contributed by atoms with Crippen molar-refractivity contribution in [1.82, 2.24) is 4.90 Å². The summed E-state index contributed by atoms with van der Waals surface area (Å²) in [7, 11) is 0. The van der Waals surface area contributed by atoms with Crippen LogP contribution in [0.3, 0.4) is 0 Å². The van der Waals surface area contributed by atoms with Gasteiger partial charge in [-0.1, -0.05) is 30.8 Å². The number of thiophene rings is 1. The van der Waals surface area contributed by atoms with Crippen molar-refractivity contribution in [3.63, 3.8) is 0 Å². The Hall–Kier alpha value is -1.98. The molecule has 1 heterocycles. The van der Waals surface area contributed by atoms with Crippen molar-refractivity contribution < 1.29 is 14.3 Å². The van der Waals surface area contributed by atoms with E-state index in [-0.39, 0.29) is 24.1 Å². The molecule has 24 heavy (non-hydrogen) atoms. The van der Waals surface area contributed by atoms with E-state index in [0.29, 0.717) is 12.8 Å². The highest BCUT2D eigenvalue weighted by atomic mass is 32.1. The van der Waals surface area contributed by atoms with Crippen LogP contribution in [0.1, 0.15) is 22.4 Å². The summed E-state index contributed by atoms with van der Waals surface area (Å²) in [5.41, 5.74) is 1.41. The van der Waals surface area contributed by atoms with E-state index in [4.69, 9.17) is 0 Å². The van der Waals surface area contributed by atoms with Gasteiger partial charge < -0.3 is 10.0 Å². The first-order valence-corrected chi connectivity index (χ1v) is 8.75. The summed E-state index contributed by atoms with van der Waals surface area (Å²) in [6.07, 6.45) is 3.15. The van der Waals surface area contributed by atoms with Gasteiger partial charge in [-0.05, 0) is 42.2 Å². The van der Waals surface area contributed by atoms with Gasteiger partial charge in [-0.15, -0.1) is 11.3 Å². The Morgan fingerprint density at radius 3 is 2.75 bits per heavy atom. The lowest BCUT2D eigenvalue weighted by Gasteiger charge is -2.37. The van der Waals surface area contributed by atoms with Crippen molar-refractivity contribution in [3.8, 4) is 0 Å². The third-order valence-electron chi connectivity index (χ3n) is 4.44. The lowest BCUT2D eigenvalue weighted by Crippen LogP contribution is -2.48. The van der Waals surface area contributed by atoms with Crippen molar-refractivity contribution in [3.05, 3.63) is 70.2 Å². The van der Waals surface area contributed by atoms with Crippen LogP contribution in [0.15, 0.2) is 49.1 Å². The quantitative estimate of drug-likeness (QED) is 0.845. The molecule has 3 nitrogen and oxygen atoms in total. The Morgan fingerprint density at radius 1 is 1.33 bits per heavy atom. The van der Waals surface area contributed by atoms with Crippen LogP contribution in [0.5, 0.6) is 0 Å². The van der Waals surface area contributed by atoms with Crippen LogP contribution in [0.2, 0.25) is 0 Å². The van der Waals surface area contributed by atoms with Crippen molar-refractivity contribution in [2.75, 3.05) is 6.54 Å². The lowest BCUT2D eigenvalue weighted by molar-refractivity contribution is -0.130. The highest BCUT2D eigenvalue weighted by Gasteiger charge is 2.35. The van der Waals surface area contributed by atoms with E-state index in [0.717, 1.165) is 28.2 Å². The highest BCUT2D eigenvalue weighted by Crippen LogP contribution is 2.30. The average molecular weight is 345 g/mol. The lowest BCUT2D eigenvalue weighted by atomic mass is 9.80. The summed E-state index contributed by atoms with van der Waals surface area (Å²) in [6, 6.07) is 11.1. The Balaban J connectivity index is 1.77. The van der Waals surface area contributed by atoms with Crippen LogP contribution in [-0.4, -0.2) is 28.1 Å². The van der Waals surface area contributed by atoms with E-state index in [1.54, 1.807) is 11.0 Å². The Labute approximate surface area is 145 Å². The Kier molecular flexibility index (Phi) is 4.83. The van der Waals surface area contributed by atoms with Gasteiger partial charge in [0.15, 0.2) is 5.13 Å². The molecular formula is C19H20FNO2S. The molecule has 0 bridgehead atoms. The molecule has 0 saturated heterocycles. The molecule has 0 aliphatic heterocycles. The molecule has 0 fully saturated rings. The summed E-state index contributed by atoms with van der Waals surface area (Å²) >= 11 is 1.02. The van der Waals surface area contributed by atoms with Gasteiger partial charge in [0.25, 0.3) is 0 Å². The fraction of sp³-hybridized carbons (Fsp3) is 0.316. The van der Waals surface area contributed by atoms with Gasteiger partial charge in [-0.25, -0.2) is 0 Å². The zero-order chi connectivity index (χ0) is 17.2. The zero-order valence-corrected chi connectivity index (χ0v) is 14.2. The predicted molar refractivity (Wildman–Crippen MR) is 93.3 cm³/mol. The number of carbonyl (C=O) groups excluding carboxylic acids is 1. The molecule has 1 N–H and O–H groups in total. The molecule has 1 aromatic heterocycles. The Bertz CT molecular complexity index is 757. The molecule has 1 aromatic carbocycles. The first-order chi connectivity index (χ1) is 11.5. The Morgan fingerprint density at radius 2 is 2.08 bits per heavy atom. The molecule has 0 radical (unpaired) electrons. The van der Waals surface area contributed by atoms with E-state index in [1.807, 2.05) is 18.2 Å². The third kappa shape index (κ3) is 3.74. The predicted octanol–water partition coefficient (Wildman–Crippen LogP) is 3.32. The fourth-order valence-electron chi connectivity index (χ4n) is 3.24. The molecule has 0 spiro atoms. The van der Waals surface area contributed by atoms with E-state index >= 15 is 0 Å². The van der Waals surface area contributed by atoms with Gasteiger partial charge in [0.05, 0.1) is 18.7 Å². The molecule has 1 aliphatic carbocycles. The molecule has 1 unspecified atom stereocenters. The summed E-state index contributed by atoms with van der Waals surface area (Å²) in [6.45, 7) is 4.03. The van der Waals surface area contributed by atoms with Gasteiger partial charge in [-0.2, -0.15) is 4.39 Å². The van der Waals surface area contributed by atoms with Crippen LogP contribution in [-0.2, 0) is 24.2 Å². The number of hydrogen-bond donors (Lipinski definition) is 1. The third-order valence-corrected chi connectivity index (χ3v) is 5.30. The van der Waals surface area contributed by atoms with Crippen LogP contribution < -0.4 is 0 Å². The van der Waals surface area contributed by atoms with E-state index < -0.39 is 5.60 Å². The second kappa shape index (κ2) is 6.87. The summed E-state index contributed by atoms with van der Waals surface area (Å²) in [4.78, 5) is 14.5.